The molecule has 2 N–H and O–H groups in total. The highest BCUT2D eigenvalue weighted by Gasteiger charge is 2.19. The van der Waals surface area contributed by atoms with E-state index in [1.807, 2.05) is 0 Å². The SMILES string of the molecule is CCC=CCC=CCC=CCCCCCCCCC(CCNC(=O)OC(C)(C)C)C(=O)O. The molecule has 0 aromatic carbocycles. The van der Waals surface area contributed by atoms with Gasteiger partial charge in [-0.2, -0.15) is 0 Å². The fourth-order valence-electron chi connectivity index (χ4n) is 3.24. The number of carbonyl (C=O) groups excluding carboxylic acids is 1. The summed E-state index contributed by atoms with van der Waals surface area (Å²) < 4.78 is 5.17. The van der Waals surface area contributed by atoms with Gasteiger partial charge in [-0.05, 0) is 65.7 Å². The van der Waals surface area contributed by atoms with E-state index in [9.17, 15) is 14.7 Å². The number of alkyl carbamates (subject to hydrolysis) is 1. The third-order valence-corrected chi connectivity index (χ3v) is 4.96. The Hall–Kier alpha value is -2.04. The molecule has 1 unspecified atom stereocenters. The minimum absolute atomic E-state index is 0.324. The number of nitrogens with one attached hydrogen (secondary N) is 1. The van der Waals surface area contributed by atoms with E-state index in [0.717, 1.165) is 44.9 Å². The molecule has 1 atom stereocenters. The second-order valence-electron chi connectivity index (χ2n) is 9.25. The first-order chi connectivity index (χ1) is 15.3. The van der Waals surface area contributed by atoms with E-state index in [0.29, 0.717) is 19.4 Å². The lowest BCUT2D eigenvalue weighted by Gasteiger charge is -2.20. The normalized spacial score (nSPS) is 13.2. The van der Waals surface area contributed by atoms with Crippen molar-refractivity contribution < 1.29 is 19.4 Å². The molecule has 5 nitrogen and oxygen atoms in total. The number of ether oxygens (including phenoxy) is 1. The maximum atomic E-state index is 11.6. The van der Waals surface area contributed by atoms with Crippen molar-refractivity contribution in [2.45, 2.75) is 110 Å². The van der Waals surface area contributed by atoms with E-state index in [1.54, 1.807) is 20.8 Å². The maximum absolute atomic E-state index is 11.6. The van der Waals surface area contributed by atoms with Crippen molar-refractivity contribution in [3.63, 3.8) is 0 Å². The Morgan fingerprint density at radius 2 is 1.41 bits per heavy atom. The summed E-state index contributed by atoms with van der Waals surface area (Å²) in [6, 6.07) is 0. The first-order valence-corrected chi connectivity index (χ1v) is 12.4. The molecule has 0 aromatic heterocycles. The summed E-state index contributed by atoms with van der Waals surface area (Å²) in [4.78, 5) is 23.1. The zero-order chi connectivity index (χ0) is 24.1. The first kappa shape index (κ1) is 30.0. The molecule has 32 heavy (non-hydrogen) atoms. The van der Waals surface area contributed by atoms with Crippen molar-refractivity contribution in [2.24, 2.45) is 5.92 Å². The zero-order valence-corrected chi connectivity index (χ0v) is 20.9. The number of hydrogen-bond donors (Lipinski definition) is 2. The third-order valence-electron chi connectivity index (χ3n) is 4.96. The second-order valence-corrected chi connectivity index (χ2v) is 9.25. The number of amides is 1. The molecular weight excluding hydrogens is 402 g/mol. The van der Waals surface area contributed by atoms with Gasteiger partial charge in [0.25, 0.3) is 0 Å². The monoisotopic (exact) mass is 449 g/mol. The molecule has 0 fully saturated rings. The molecule has 0 rings (SSSR count). The van der Waals surface area contributed by atoms with Crippen molar-refractivity contribution in [1.82, 2.24) is 5.32 Å². The predicted octanol–water partition coefficient (Wildman–Crippen LogP) is 7.58. The molecule has 0 aliphatic heterocycles. The van der Waals surface area contributed by atoms with E-state index in [2.05, 4.69) is 48.7 Å². The molecule has 0 aliphatic carbocycles. The standard InChI is InChI=1S/C27H47NO4/c1-5-6-7-8-9-10-11-12-13-14-15-16-17-18-19-20-21-24(25(29)30)22-23-28-26(31)32-27(2,3)4/h6-7,9-10,12-13,24H,5,8,11,14-23H2,1-4H3,(H,28,31)(H,29,30). The number of hydrogen-bond acceptors (Lipinski definition) is 3. The third kappa shape index (κ3) is 21.2. The van der Waals surface area contributed by atoms with Crippen LogP contribution >= 0.6 is 0 Å². The van der Waals surface area contributed by atoms with Gasteiger partial charge in [-0.15, -0.1) is 0 Å². The van der Waals surface area contributed by atoms with E-state index in [1.165, 1.54) is 19.3 Å². The topological polar surface area (TPSA) is 75.6 Å². The van der Waals surface area contributed by atoms with Crippen LogP contribution in [0, 0.1) is 5.92 Å². The van der Waals surface area contributed by atoms with Gasteiger partial charge in [0, 0.05) is 6.54 Å². The maximum Gasteiger partial charge on any atom is 0.407 e. The lowest BCUT2D eigenvalue weighted by atomic mass is 9.97. The molecular formula is C27H47NO4. The minimum atomic E-state index is -0.782. The van der Waals surface area contributed by atoms with E-state index < -0.39 is 23.6 Å². The summed E-state index contributed by atoms with van der Waals surface area (Å²) in [5.74, 6) is -1.19. The lowest BCUT2D eigenvalue weighted by molar-refractivity contribution is -0.142. The van der Waals surface area contributed by atoms with Crippen LogP contribution in [0.15, 0.2) is 36.5 Å². The number of carbonyl (C=O) groups is 2. The molecule has 0 saturated carbocycles. The van der Waals surface area contributed by atoms with Gasteiger partial charge in [-0.3, -0.25) is 4.79 Å². The van der Waals surface area contributed by atoms with Crippen LogP contribution in [0.25, 0.3) is 0 Å². The van der Waals surface area contributed by atoms with Crippen molar-refractivity contribution in [1.29, 1.82) is 0 Å². The number of rotatable bonds is 18. The van der Waals surface area contributed by atoms with E-state index in [-0.39, 0.29) is 0 Å². The highest BCUT2D eigenvalue weighted by atomic mass is 16.6. The highest BCUT2D eigenvalue weighted by Crippen LogP contribution is 2.16. The number of allylic oxidation sites excluding steroid dienone is 6. The molecule has 0 aliphatic rings. The van der Waals surface area contributed by atoms with Crippen molar-refractivity contribution in [3.05, 3.63) is 36.5 Å². The van der Waals surface area contributed by atoms with E-state index in [4.69, 9.17) is 4.74 Å². The Labute approximate surface area is 196 Å². The van der Waals surface area contributed by atoms with Crippen LogP contribution in [-0.4, -0.2) is 29.3 Å². The number of unbranched alkanes of at least 4 members (excludes halogenated alkanes) is 6. The summed E-state index contributed by atoms with van der Waals surface area (Å²) in [6.07, 6.45) is 25.0. The summed E-state index contributed by atoms with van der Waals surface area (Å²) in [5, 5.41) is 12.0. The van der Waals surface area contributed by atoms with Gasteiger partial charge in [-0.1, -0.05) is 75.5 Å². The van der Waals surface area contributed by atoms with Crippen LogP contribution in [0.5, 0.6) is 0 Å². The number of carboxylic acid groups (broad SMARTS) is 1. The molecule has 0 bridgehead atoms. The average Bonchev–Trinajstić information content (AvgIpc) is 2.70. The van der Waals surface area contributed by atoms with Crippen LogP contribution < -0.4 is 5.32 Å². The number of aliphatic carboxylic acids is 1. The Bertz CT molecular complexity index is 573. The van der Waals surface area contributed by atoms with Gasteiger partial charge >= 0.3 is 12.1 Å². The summed E-state index contributed by atoms with van der Waals surface area (Å²) in [6.45, 7) is 7.88. The van der Waals surface area contributed by atoms with Gasteiger partial charge in [0.2, 0.25) is 0 Å². The Morgan fingerprint density at radius 1 is 0.844 bits per heavy atom. The van der Waals surface area contributed by atoms with Gasteiger partial charge < -0.3 is 15.2 Å². The largest absolute Gasteiger partial charge is 0.481 e. The quantitative estimate of drug-likeness (QED) is 0.167. The van der Waals surface area contributed by atoms with Crippen molar-refractivity contribution in [3.8, 4) is 0 Å². The van der Waals surface area contributed by atoms with Crippen molar-refractivity contribution in [2.75, 3.05) is 6.54 Å². The molecule has 5 heteroatoms. The van der Waals surface area contributed by atoms with Crippen LogP contribution in [0.4, 0.5) is 4.79 Å². The molecule has 0 heterocycles. The summed E-state index contributed by atoms with van der Waals surface area (Å²) >= 11 is 0. The highest BCUT2D eigenvalue weighted by molar-refractivity contribution is 5.70. The first-order valence-electron chi connectivity index (χ1n) is 12.4. The predicted molar refractivity (Wildman–Crippen MR) is 134 cm³/mol. The molecule has 0 radical (unpaired) electrons. The van der Waals surface area contributed by atoms with Crippen LogP contribution in [-0.2, 0) is 9.53 Å². The smallest absolute Gasteiger partial charge is 0.407 e. The Kier molecular flexibility index (Phi) is 18.4. The van der Waals surface area contributed by atoms with Gasteiger partial charge in [0.05, 0.1) is 5.92 Å². The minimum Gasteiger partial charge on any atom is -0.481 e. The van der Waals surface area contributed by atoms with Gasteiger partial charge in [0.1, 0.15) is 5.60 Å². The molecule has 1 amide bonds. The number of carboxylic acids is 1. The lowest BCUT2D eigenvalue weighted by Crippen LogP contribution is -2.34. The van der Waals surface area contributed by atoms with Gasteiger partial charge in [0.15, 0.2) is 0 Å². The molecule has 184 valence electrons. The van der Waals surface area contributed by atoms with Crippen LogP contribution in [0.3, 0.4) is 0 Å². The summed E-state index contributed by atoms with van der Waals surface area (Å²) in [7, 11) is 0. The molecule has 0 saturated heterocycles. The zero-order valence-electron chi connectivity index (χ0n) is 20.9. The van der Waals surface area contributed by atoms with Crippen LogP contribution in [0.1, 0.15) is 105 Å². The van der Waals surface area contributed by atoms with Crippen molar-refractivity contribution >= 4 is 12.1 Å². The van der Waals surface area contributed by atoms with Gasteiger partial charge in [-0.25, -0.2) is 4.79 Å². The second kappa shape index (κ2) is 19.6. The molecule has 0 aromatic rings. The Balaban J connectivity index is 3.69. The average molecular weight is 450 g/mol. The van der Waals surface area contributed by atoms with E-state index >= 15 is 0 Å². The fraction of sp³-hybridized carbons (Fsp3) is 0.704. The van der Waals surface area contributed by atoms with Crippen LogP contribution in [0.2, 0.25) is 0 Å². The summed E-state index contributed by atoms with van der Waals surface area (Å²) in [5.41, 5.74) is -0.546. The Morgan fingerprint density at radius 3 is 2.00 bits per heavy atom. The fourth-order valence-corrected chi connectivity index (χ4v) is 3.24. The molecule has 0 spiro atoms.